The first-order valence-corrected chi connectivity index (χ1v) is 6.31. The Morgan fingerprint density at radius 2 is 2.47 bits per heavy atom. The second-order valence-corrected chi connectivity index (χ2v) is 5.32. The highest BCUT2D eigenvalue weighted by Crippen LogP contribution is 2.31. The van der Waals surface area contributed by atoms with Crippen molar-refractivity contribution in [3.63, 3.8) is 0 Å². The molecule has 1 saturated carbocycles. The van der Waals surface area contributed by atoms with Gasteiger partial charge in [0.1, 0.15) is 0 Å². The summed E-state index contributed by atoms with van der Waals surface area (Å²) in [6.45, 7) is 2.18. The van der Waals surface area contributed by atoms with E-state index in [2.05, 4.69) is 11.9 Å². The summed E-state index contributed by atoms with van der Waals surface area (Å²) in [5.41, 5.74) is 6.63. The standard InChI is InChI=1S/C14H20N2O/c1-11-4-2-6-14(15,9-11)13(17)8-12-5-3-7-16-10-12/h3,5,7,10-11H,2,4,6,8-9,15H2,1H3. The number of nitrogens with two attached hydrogens (primary N) is 1. The van der Waals surface area contributed by atoms with Crippen LogP contribution in [0.15, 0.2) is 24.5 Å². The quantitative estimate of drug-likeness (QED) is 0.868. The highest BCUT2D eigenvalue weighted by atomic mass is 16.1. The monoisotopic (exact) mass is 232 g/mol. The van der Waals surface area contributed by atoms with Gasteiger partial charge >= 0.3 is 0 Å². The Bertz CT molecular complexity index is 390. The number of aromatic nitrogens is 1. The zero-order valence-electron chi connectivity index (χ0n) is 10.4. The predicted octanol–water partition coefficient (Wildman–Crippen LogP) is 2.10. The van der Waals surface area contributed by atoms with Gasteiger partial charge in [-0.05, 0) is 30.4 Å². The fourth-order valence-electron chi connectivity index (χ4n) is 2.71. The minimum absolute atomic E-state index is 0.164. The fraction of sp³-hybridized carbons (Fsp3) is 0.571. The molecular weight excluding hydrogens is 212 g/mol. The third-order valence-corrected chi connectivity index (χ3v) is 3.68. The SMILES string of the molecule is CC1CCCC(N)(C(=O)Cc2cccnc2)C1. The maximum Gasteiger partial charge on any atom is 0.157 e. The van der Waals surface area contributed by atoms with Crippen molar-refractivity contribution in [2.75, 3.05) is 0 Å². The van der Waals surface area contributed by atoms with E-state index in [1.165, 1.54) is 6.42 Å². The van der Waals surface area contributed by atoms with Crippen molar-refractivity contribution in [1.82, 2.24) is 4.98 Å². The molecule has 3 nitrogen and oxygen atoms in total. The van der Waals surface area contributed by atoms with Crippen LogP contribution in [0.4, 0.5) is 0 Å². The first kappa shape index (κ1) is 12.2. The van der Waals surface area contributed by atoms with Gasteiger partial charge in [0, 0.05) is 18.8 Å². The van der Waals surface area contributed by atoms with E-state index >= 15 is 0 Å². The minimum Gasteiger partial charge on any atom is -0.319 e. The molecule has 2 unspecified atom stereocenters. The Morgan fingerprint density at radius 1 is 1.65 bits per heavy atom. The average molecular weight is 232 g/mol. The largest absolute Gasteiger partial charge is 0.319 e. The van der Waals surface area contributed by atoms with Gasteiger partial charge in [0.05, 0.1) is 5.54 Å². The molecule has 0 bridgehead atoms. The lowest BCUT2D eigenvalue weighted by molar-refractivity contribution is -0.125. The molecule has 2 N–H and O–H groups in total. The summed E-state index contributed by atoms with van der Waals surface area (Å²) in [5, 5.41) is 0. The fourth-order valence-corrected chi connectivity index (χ4v) is 2.71. The van der Waals surface area contributed by atoms with E-state index in [9.17, 15) is 4.79 Å². The van der Waals surface area contributed by atoms with Crippen LogP contribution in [0.25, 0.3) is 0 Å². The van der Waals surface area contributed by atoms with E-state index in [0.717, 1.165) is 24.8 Å². The highest BCUT2D eigenvalue weighted by molar-refractivity contribution is 5.90. The molecule has 1 aliphatic rings. The van der Waals surface area contributed by atoms with Crippen molar-refractivity contribution < 1.29 is 4.79 Å². The summed E-state index contributed by atoms with van der Waals surface area (Å²) in [6.07, 6.45) is 7.79. The first-order valence-electron chi connectivity index (χ1n) is 6.31. The van der Waals surface area contributed by atoms with Crippen LogP contribution in [0.5, 0.6) is 0 Å². The maximum atomic E-state index is 12.3. The second kappa shape index (κ2) is 4.96. The van der Waals surface area contributed by atoms with Gasteiger partial charge in [0.2, 0.25) is 0 Å². The van der Waals surface area contributed by atoms with Gasteiger partial charge in [0.25, 0.3) is 0 Å². The molecule has 1 aromatic rings. The molecule has 92 valence electrons. The van der Waals surface area contributed by atoms with Crippen molar-refractivity contribution in [1.29, 1.82) is 0 Å². The van der Waals surface area contributed by atoms with Crippen molar-refractivity contribution in [3.8, 4) is 0 Å². The van der Waals surface area contributed by atoms with Crippen molar-refractivity contribution in [2.24, 2.45) is 11.7 Å². The van der Waals surface area contributed by atoms with Gasteiger partial charge in [0.15, 0.2) is 5.78 Å². The van der Waals surface area contributed by atoms with Gasteiger partial charge < -0.3 is 5.73 Å². The molecule has 0 amide bonds. The lowest BCUT2D eigenvalue weighted by Gasteiger charge is -2.35. The summed E-state index contributed by atoms with van der Waals surface area (Å²) < 4.78 is 0. The van der Waals surface area contributed by atoms with Gasteiger partial charge in [-0.3, -0.25) is 9.78 Å². The van der Waals surface area contributed by atoms with Gasteiger partial charge in [-0.25, -0.2) is 0 Å². The number of nitrogens with zero attached hydrogens (tertiary/aromatic N) is 1. The van der Waals surface area contributed by atoms with Crippen molar-refractivity contribution >= 4 is 5.78 Å². The maximum absolute atomic E-state index is 12.3. The molecule has 3 heteroatoms. The normalized spacial score (nSPS) is 28.9. The van der Waals surface area contributed by atoms with E-state index in [1.54, 1.807) is 12.4 Å². The number of ketones is 1. The molecular formula is C14H20N2O. The zero-order valence-corrected chi connectivity index (χ0v) is 10.4. The van der Waals surface area contributed by atoms with Crippen LogP contribution in [-0.2, 0) is 11.2 Å². The number of carbonyl (C=O) groups excluding carboxylic acids is 1. The molecule has 2 rings (SSSR count). The molecule has 17 heavy (non-hydrogen) atoms. The Hall–Kier alpha value is -1.22. The van der Waals surface area contributed by atoms with Crippen molar-refractivity contribution in [3.05, 3.63) is 30.1 Å². The lowest BCUT2D eigenvalue weighted by Crippen LogP contribution is -2.51. The summed E-state index contributed by atoms with van der Waals surface area (Å²) in [6, 6.07) is 3.79. The molecule has 1 aliphatic carbocycles. The molecule has 0 aromatic carbocycles. The van der Waals surface area contributed by atoms with Gasteiger partial charge in [-0.15, -0.1) is 0 Å². The number of carbonyl (C=O) groups is 1. The van der Waals surface area contributed by atoms with Gasteiger partial charge in [-0.1, -0.05) is 25.8 Å². The predicted molar refractivity (Wildman–Crippen MR) is 67.5 cm³/mol. The Morgan fingerprint density at radius 3 is 3.12 bits per heavy atom. The molecule has 0 radical (unpaired) electrons. The molecule has 1 aromatic heterocycles. The van der Waals surface area contributed by atoms with Crippen LogP contribution < -0.4 is 5.73 Å². The van der Waals surface area contributed by atoms with E-state index in [0.29, 0.717) is 12.3 Å². The van der Waals surface area contributed by atoms with Crippen LogP contribution in [-0.4, -0.2) is 16.3 Å². The second-order valence-electron chi connectivity index (χ2n) is 5.32. The van der Waals surface area contributed by atoms with Crippen LogP contribution in [0, 0.1) is 5.92 Å². The third kappa shape index (κ3) is 2.91. The topological polar surface area (TPSA) is 56.0 Å². The molecule has 0 spiro atoms. The summed E-state index contributed by atoms with van der Waals surface area (Å²) in [4.78, 5) is 16.3. The van der Waals surface area contributed by atoms with Crippen LogP contribution in [0.2, 0.25) is 0 Å². The zero-order chi connectivity index (χ0) is 12.3. The number of hydrogen-bond acceptors (Lipinski definition) is 3. The summed E-state index contributed by atoms with van der Waals surface area (Å²) in [7, 11) is 0. The summed E-state index contributed by atoms with van der Waals surface area (Å²) in [5.74, 6) is 0.726. The molecule has 1 fully saturated rings. The van der Waals surface area contributed by atoms with Crippen LogP contribution in [0.1, 0.15) is 38.2 Å². The Kier molecular flexibility index (Phi) is 3.57. The lowest BCUT2D eigenvalue weighted by atomic mass is 9.73. The third-order valence-electron chi connectivity index (χ3n) is 3.68. The number of rotatable bonds is 3. The molecule has 0 aliphatic heterocycles. The van der Waals surface area contributed by atoms with Crippen LogP contribution in [0.3, 0.4) is 0 Å². The first-order chi connectivity index (χ1) is 8.10. The molecule has 2 atom stereocenters. The smallest absolute Gasteiger partial charge is 0.157 e. The Labute approximate surface area is 102 Å². The Balaban J connectivity index is 2.04. The van der Waals surface area contributed by atoms with E-state index < -0.39 is 5.54 Å². The van der Waals surface area contributed by atoms with E-state index in [4.69, 9.17) is 5.73 Å². The van der Waals surface area contributed by atoms with Gasteiger partial charge in [-0.2, -0.15) is 0 Å². The van der Waals surface area contributed by atoms with Crippen LogP contribution >= 0.6 is 0 Å². The highest BCUT2D eigenvalue weighted by Gasteiger charge is 2.37. The van der Waals surface area contributed by atoms with Crippen molar-refractivity contribution in [2.45, 2.75) is 44.6 Å². The minimum atomic E-state index is -0.604. The number of Topliss-reactive ketones (excluding diaryl/α,β-unsaturated/α-hetero) is 1. The molecule has 1 heterocycles. The van der Waals surface area contributed by atoms with E-state index in [-0.39, 0.29) is 5.78 Å². The molecule has 0 saturated heterocycles. The summed E-state index contributed by atoms with van der Waals surface area (Å²) >= 11 is 0. The number of pyridine rings is 1. The number of hydrogen-bond donors (Lipinski definition) is 1. The van der Waals surface area contributed by atoms with E-state index in [1.807, 2.05) is 12.1 Å². The average Bonchev–Trinajstić information content (AvgIpc) is 2.30.